The molecule has 0 saturated heterocycles. The van der Waals surface area contributed by atoms with Gasteiger partial charge < -0.3 is 0 Å². The number of rotatable bonds is 22. The minimum Gasteiger partial charge on any atom is -0.0654 e. The highest BCUT2D eigenvalue weighted by molar-refractivity contribution is 9.10. The Labute approximate surface area is 369 Å². The molecule has 0 heterocycles. The van der Waals surface area contributed by atoms with Crippen molar-refractivity contribution in [2.75, 3.05) is 0 Å². The second-order valence-corrected chi connectivity index (χ2v) is 19.7. The molecule has 2 aliphatic rings. The van der Waals surface area contributed by atoms with E-state index in [4.69, 9.17) is 0 Å². The molecule has 0 radical (unpaired) electrons. The van der Waals surface area contributed by atoms with E-state index in [0.29, 0.717) is 0 Å². The minimum absolute atomic E-state index is 0.0606. The normalized spacial score (nSPS) is 14.3. The molecule has 0 nitrogen and oxygen atoms in total. The van der Waals surface area contributed by atoms with Gasteiger partial charge in [0.15, 0.2) is 0 Å². The molecule has 0 aliphatic heterocycles. The first kappa shape index (κ1) is 43.2. The van der Waals surface area contributed by atoms with Crippen LogP contribution in [0.25, 0.3) is 44.5 Å². The largest absolute Gasteiger partial charge is 0.0654 e. The summed E-state index contributed by atoms with van der Waals surface area (Å²) < 4.78 is 2.41. The van der Waals surface area contributed by atoms with Crippen molar-refractivity contribution in [2.24, 2.45) is 0 Å². The lowest BCUT2D eigenvalue weighted by Crippen LogP contribution is -2.25. The number of halogens is 2. The van der Waals surface area contributed by atoms with Crippen molar-refractivity contribution in [2.45, 2.75) is 167 Å². The zero-order valence-corrected chi connectivity index (χ0v) is 39.3. The number of hydrogen-bond donors (Lipinski definition) is 0. The van der Waals surface area contributed by atoms with Crippen molar-refractivity contribution in [3.63, 3.8) is 0 Å². The van der Waals surface area contributed by atoms with Crippen molar-refractivity contribution >= 4 is 31.9 Å². The number of unbranched alkanes of at least 4 members (excludes halogenated alkanes) is 12. The summed E-state index contributed by atoms with van der Waals surface area (Å²) >= 11 is 7.80. The van der Waals surface area contributed by atoms with Crippen LogP contribution in [0, 0.1) is 0 Å². The summed E-state index contributed by atoms with van der Waals surface area (Å²) in [5.41, 5.74) is 17.5. The van der Waals surface area contributed by atoms with Crippen LogP contribution in [0.5, 0.6) is 0 Å². The van der Waals surface area contributed by atoms with Gasteiger partial charge in [-0.2, -0.15) is 0 Å². The van der Waals surface area contributed by atoms with E-state index in [1.807, 2.05) is 0 Å². The minimum atomic E-state index is 0.0606. The van der Waals surface area contributed by atoms with Crippen molar-refractivity contribution in [1.82, 2.24) is 0 Å². The highest BCUT2D eigenvalue weighted by atomic mass is 79.9. The van der Waals surface area contributed by atoms with Gasteiger partial charge in [0.25, 0.3) is 0 Å². The summed E-state index contributed by atoms with van der Waals surface area (Å²) in [4.78, 5) is 0. The zero-order valence-electron chi connectivity index (χ0n) is 36.1. The van der Waals surface area contributed by atoms with Crippen LogP contribution in [0.4, 0.5) is 0 Å². The summed E-state index contributed by atoms with van der Waals surface area (Å²) in [5.74, 6) is 0. The standard InChI is InChI=1S/C56H68Br2/c1-5-9-13-17-32-55(33-18-14-10-6-2)51-37-43(24-28-47(51)49-30-26-45(57)39-53(49)55)41-22-21-23-42(36-41)44-25-29-48-50-31-27-46(58)40-54(50)56(52(48)38-44,34-19-15-11-7-3)35-20-16-12-8-4/h21-31,36-40H,5-20,32-35H2,1-4H3. The van der Waals surface area contributed by atoms with E-state index in [0.717, 1.165) is 0 Å². The summed E-state index contributed by atoms with van der Waals surface area (Å²) in [5, 5.41) is 0. The maximum Gasteiger partial charge on any atom is 0.0215 e. The molecular formula is C56H68Br2. The van der Waals surface area contributed by atoms with Crippen LogP contribution in [0.1, 0.15) is 178 Å². The first-order chi connectivity index (χ1) is 28.4. The fourth-order valence-corrected chi connectivity index (χ4v) is 11.6. The van der Waals surface area contributed by atoms with Crippen LogP contribution < -0.4 is 0 Å². The van der Waals surface area contributed by atoms with Crippen molar-refractivity contribution < 1.29 is 0 Å². The maximum atomic E-state index is 3.90. The molecule has 5 aromatic carbocycles. The molecule has 2 aliphatic carbocycles. The van der Waals surface area contributed by atoms with Gasteiger partial charge in [-0.3, -0.25) is 0 Å². The maximum absolute atomic E-state index is 3.90. The van der Waals surface area contributed by atoms with Gasteiger partial charge in [-0.05, 0) is 135 Å². The second kappa shape index (κ2) is 20.1. The Morgan fingerprint density at radius 1 is 0.328 bits per heavy atom. The van der Waals surface area contributed by atoms with Crippen molar-refractivity contribution in [1.29, 1.82) is 0 Å². The lowest BCUT2D eigenvalue weighted by atomic mass is 9.70. The number of fused-ring (bicyclic) bond motifs is 6. The quantitative estimate of drug-likeness (QED) is 0.0607. The van der Waals surface area contributed by atoms with Crippen LogP contribution in [-0.4, -0.2) is 0 Å². The van der Waals surface area contributed by atoms with E-state index < -0.39 is 0 Å². The summed E-state index contributed by atoms with van der Waals surface area (Å²) in [6.45, 7) is 9.33. The van der Waals surface area contributed by atoms with Crippen LogP contribution >= 0.6 is 31.9 Å². The summed E-state index contributed by atoms with van der Waals surface area (Å²) in [6, 6.07) is 38.6. The van der Waals surface area contributed by atoms with Gasteiger partial charge in [0.2, 0.25) is 0 Å². The molecule has 0 spiro atoms. The van der Waals surface area contributed by atoms with Gasteiger partial charge in [-0.25, -0.2) is 0 Å². The average Bonchev–Trinajstić information content (AvgIpc) is 3.66. The fraction of sp³-hybridized carbons (Fsp3) is 0.464. The van der Waals surface area contributed by atoms with Gasteiger partial charge in [0.05, 0.1) is 0 Å². The van der Waals surface area contributed by atoms with Crippen molar-refractivity contribution in [3.8, 4) is 44.5 Å². The molecule has 0 amide bonds. The van der Waals surface area contributed by atoms with Gasteiger partial charge in [-0.1, -0.05) is 217 Å². The van der Waals surface area contributed by atoms with E-state index in [9.17, 15) is 0 Å². The molecular weight excluding hydrogens is 832 g/mol. The third kappa shape index (κ3) is 8.91. The van der Waals surface area contributed by atoms with E-state index in [1.54, 1.807) is 22.3 Å². The van der Waals surface area contributed by atoms with E-state index in [2.05, 4.69) is 157 Å². The lowest BCUT2D eigenvalue weighted by molar-refractivity contribution is 0.401. The summed E-state index contributed by atoms with van der Waals surface area (Å²) in [6.07, 6.45) is 25.7. The molecule has 0 N–H and O–H groups in total. The molecule has 0 bridgehead atoms. The molecule has 0 aromatic heterocycles. The second-order valence-electron chi connectivity index (χ2n) is 17.9. The van der Waals surface area contributed by atoms with Crippen molar-refractivity contribution in [3.05, 3.63) is 128 Å². The average molecular weight is 901 g/mol. The molecule has 7 rings (SSSR count). The van der Waals surface area contributed by atoms with Gasteiger partial charge >= 0.3 is 0 Å². The molecule has 5 aromatic rings. The Balaban J connectivity index is 1.28. The fourth-order valence-electron chi connectivity index (χ4n) is 10.9. The topological polar surface area (TPSA) is 0 Å². The number of hydrogen-bond acceptors (Lipinski definition) is 0. The third-order valence-electron chi connectivity index (χ3n) is 14.0. The Bertz CT molecular complexity index is 1970. The van der Waals surface area contributed by atoms with Crippen LogP contribution in [0.15, 0.2) is 106 Å². The van der Waals surface area contributed by atoms with Crippen LogP contribution in [-0.2, 0) is 10.8 Å². The zero-order chi connectivity index (χ0) is 40.5. The highest BCUT2D eigenvalue weighted by Gasteiger charge is 2.44. The lowest BCUT2D eigenvalue weighted by Gasteiger charge is -2.33. The Kier molecular flexibility index (Phi) is 14.9. The summed E-state index contributed by atoms with van der Waals surface area (Å²) in [7, 11) is 0. The van der Waals surface area contributed by atoms with Crippen LogP contribution in [0.3, 0.4) is 0 Å². The highest BCUT2D eigenvalue weighted by Crippen LogP contribution is 2.57. The van der Waals surface area contributed by atoms with E-state index in [-0.39, 0.29) is 10.8 Å². The molecule has 0 saturated carbocycles. The van der Waals surface area contributed by atoms with E-state index >= 15 is 0 Å². The molecule has 58 heavy (non-hydrogen) atoms. The Hall–Kier alpha value is -2.94. The Morgan fingerprint density at radius 2 is 0.638 bits per heavy atom. The Morgan fingerprint density at radius 3 is 0.983 bits per heavy atom. The van der Waals surface area contributed by atoms with Gasteiger partial charge in [0, 0.05) is 19.8 Å². The number of benzene rings is 5. The third-order valence-corrected chi connectivity index (χ3v) is 15.0. The van der Waals surface area contributed by atoms with E-state index in [1.165, 1.54) is 182 Å². The smallest absolute Gasteiger partial charge is 0.0215 e. The SMILES string of the molecule is CCCCCCC1(CCCCCC)c2cc(Br)ccc2-c2ccc(-c3cccc(-c4ccc5c(c4)C(CCCCCC)(CCCCCC)c4cc(Br)ccc4-5)c3)cc21. The predicted octanol–water partition coefficient (Wildman–Crippen LogP) is 19.0. The van der Waals surface area contributed by atoms with Gasteiger partial charge in [0.1, 0.15) is 0 Å². The monoisotopic (exact) mass is 898 g/mol. The molecule has 306 valence electrons. The first-order valence-electron chi connectivity index (χ1n) is 23.4. The van der Waals surface area contributed by atoms with Gasteiger partial charge in [-0.15, -0.1) is 0 Å². The molecule has 0 fully saturated rings. The first-order valence-corrected chi connectivity index (χ1v) is 25.0. The van der Waals surface area contributed by atoms with Crippen LogP contribution in [0.2, 0.25) is 0 Å². The predicted molar refractivity (Wildman–Crippen MR) is 260 cm³/mol. The molecule has 0 atom stereocenters. The molecule has 0 unspecified atom stereocenters. The molecule has 2 heteroatoms.